The monoisotopic (exact) mass is 214 g/mol. The van der Waals surface area contributed by atoms with Crippen molar-refractivity contribution >= 4 is 11.9 Å². The second-order valence-electron chi connectivity index (χ2n) is 3.32. The Balaban J connectivity index is 4.21. The van der Waals surface area contributed by atoms with Crippen molar-refractivity contribution in [3.63, 3.8) is 0 Å². The molecule has 1 unspecified atom stereocenters. The van der Waals surface area contributed by atoms with E-state index in [1.165, 1.54) is 6.08 Å². The van der Waals surface area contributed by atoms with E-state index < -0.39 is 24.0 Å². The maximum absolute atomic E-state index is 11.4. The molecule has 0 aromatic heterocycles. The molecule has 0 radical (unpaired) electrons. The van der Waals surface area contributed by atoms with Crippen molar-refractivity contribution in [2.75, 3.05) is 0 Å². The highest BCUT2D eigenvalue weighted by Gasteiger charge is 2.21. The molecule has 4 N–H and O–H groups in total. The van der Waals surface area contributed by atoms with E-state index >= 15 is 0 Å². The molecule has 0 saturated heterocycles. The van der Waals surface area contributed by atoms with Gasteiger partial charge < -0.3 is 16.2 Å². The van der Waals surface area contributed by atoms with Gasteiger partial charge in [-0.05, 0) is 12.8 Å². The van der Waals surface area contributed by atoms with Crippen LogP contribution in [0.2, 0.25) is 0 Å². The maximum Gasteiger partial charge on any atom is 0.326 e. The van der Waals surface area contributed by atoms with Gasteiger partial charge in [0.15, 0.2) is 0 Å². The molecular weight excluding hydrogens is 196 g/mol. The third-order valence-corrected chi connectivity index (χ3v) is 1.95. The van der Waals surface area contributed by atoms with Gasteiger partial charge in [0.25, 0.3) is 0 Å². The Morgan fingerprint density at radius 2 is 2.20 bits per heavy atom. The number of carboxylic acids is 1. The fraction of sp³-hybridized carbons (Fsp3) is 0.600. The summed E-state index contributed by atoms with van der Waals surface area (Å²) in [5, 5.41) is 11.2. The Morgan fingerprint density at radius 3 is 2.60 bits per heavy atom. The van der Waals surface area contributed by atoms with Gasteiger partial charge in [0.2, 0.25) is 5.91 Å². The molecule has 0 heterocycles. The number of rotatable bonds is 7. The molecule has 0 aliphatic carbocycles. The van der Waals surface area contributed by atoms with Crippen molar-refractivity contribution < 1.29 is 14.7 Å². The van der Waals surface area contributed by atoms with Gasteiger partial charge in [0, 0.05) is 0 Å². The summed E-state index contributed by atoms with van der Waals surface area (Å²) >= 11 is 0. The van der Waals surface area contributed by atoms with Gasteiger partial charge >= 0.3 is 5.97 Å². The van der Waals surface area contributed by atoms with Crippen molar-refractivity contribution in [3.8, 4) is 0 Å². The van der Waals surface area contributed by atoms with Crippen LogP contribution in [0.5, 0.6) is 0 Å². The lowest BCUT2D eigenvalue weighted by Crippen LogP contribution is -2.48. The molecule has 0 rings (SSSR count). The number of nitrogens with two attached hydrogens (primary N) is 1. The van der Waals surface area contributed by atoms with E-state index in [4.69, 9.17) is 10.8 Å². The fourth-order valence-corrected chi connectivity index (χ4v) is 1.11. The Bertz CT molecular complexity index is 241. The van der Waals surface area contributed by atoms with Gasteiger partial charge in [0.1, 0.15) is 6.04 Å². The smallest absolute Gasteiger partial charge is 0.326 e. The lowest BCUT2D eigenvalue weighted by molar-refractivity contribution is -0.142. The molecular formula is C10H18N2O3. The van der Waals surface area contributed by atoms with Crippen molar-refractivity contribution in [1.82, 2.24) is 5.32 Å². The van der Waals surface area contributed by atoms with Crippen LogP contribution in [-0.2, 0) is 9.59 Å². The summed E-state index contributed by atoms with van der Waals surface area (Å²) in [6.07, 6.45) is 2.96. The highest BCUT2D eigenvalue weighted by atomic mass is 16.4. The molecule has 15 heavy (non-hydrogen) atoms. The Kier molecular flexibility index (Phi) is 6.37. The molecule has 0 aromatic carbocycles. The van der Waals surface area contributed by atoms with Crippen LogP contribution in [0.1, 0.15) is 26.2 Å². The quantitative estimate of drug-likeness (QED) is 0.530. The highest BCUT2D eigenvalue weighted by molar-refractivity contribution is 5.86. The minimum absolute atomic E-state index is 0.338. The molecule has 2 atom stereocenters. The Hall–Kier alpha value is -1.36. The van der Waals surface area contributed by atoms with Crippen LogP contribution in [0.4, 0.5) is 0 Å². The minimum Gasteiger partial charge on any atom is -0.480 e. The average Bonchev–Trinajstić information content (AvgIpc) is 2.17. The number of hydrogen-bond acceptors (Lipinski definition) is 3. The number of aliphatic carboxylic acids is 1. The van der Waals surface area contributed by atoms with Crippen molar-refractivity contribution in [2.45, 2.75) is 38.3 Å². The summed E-state index contributed by atoms with van der Waals surface area (Å²) in [5.41, 5.74) is 5.50. The first kappa shape index (κ1) is 13.6. The van der Waals surface area contributed by atoms with E-state index in [0.717, 1.165) is 0 Å². The number of carboxylic acid groups (broad SMARTS) is 1. The largest absolute Gasteiger partial charge is 0.480 e. The van der Waals surface area contributed by atoms with E-state index in [1.807, 2.05) is 6.92 Å². The van der Waals surface area contributed by atoms with Crippen LogP contribution in [0.3, 0.4) is 0 Å². The van der Waals surface area contributed by atoms with Crippen LogP contribution in [0.25, 0.3) is 0 Å². The van der Waals surface area contributed by atoms with Crippen LogP contribution in [0.15, 0.2) is 12.7 Å². The number of amides is 1. The standard InChI is InChI=1S/C10H18N2O3/c1-3-5-7(11)9(13)12-8(6-4-2)10(14)15/h3,7-8H,1,4-6,11H2,2H3,(H,12,13)(H,14,15)/t7?,8-/m0/s1. The summed E-state index contributed by atoms with van der Waals surface area (Å²) in [6, 6.07) is -1.57. The maximum atomic E-state index is 11.4. The fourth-order valence-electron chi connectivity index (χ4n) is 1.11. The highest BCUT2D eigenvalue weighted by Crippen LogP contribution is 1.98. The van der Waals surface area contributed by atoms with E-state index in [-0.39, 0.29) is 0 Å². The molecule has 0 aliphatic heterocycles. The first-order valence-electron chi connectivity index (χ1n) is 4.92. The predicted octanol–water partition coefficient (Wildman–Crippen LogP) is 0.259. The predicted molar refractivity (Wildman–Crippen MR) is 57.3 cm³/mol. The second-order valence-corrected chi connectivity index (χ2v) is 3.32. The second kappa shape index (κ2) is 7.00. The van der Waals surface area contributed by atoms with Crippen LogP contribution >= 0.6 is 0 Å². The van der Waals surface area contributed by atoms with Crippen molar-refractivity contribution in [2.24, 2.45) is 5.73 Å². The zero-order valence-corrected chi connectivity index (χ0v) is 8.90. The summed E-state index contributed by atoms with van der Waals surface area (Å²) in [7, 11) is 0. The van der Waals surface area contributed by atoms with Crippen LogP contribution < -0.4 is 11.1 Å². The first-order valence-corrected chi connectivity index (χ1v) is 4.92. The zero-order chi connectivity index (χ0) is 11.8. The number of hydrogen-bond donors (Lipinski definition) is 3. The Labute approximate surface area is 89.3 Å². The molecule has 86 valence electrons. The SMILES string of the molecule is C=CCC(N)C(=O)N[C@@H](CCC)C(=O)O. The van der Waals surface area contributed by atoms with Gasteiger partial charge in [-0.15, -0.1) is 6.58 Å². The lowest BCUT2D eigenvalue weighted by atomic mass is 10.1. The third kappa shape index (κ3) is 5.17. The average molecular weight is 214 g/mol. The molecule has 0 saturated carbocycles. The molecule has 0 fully saturated rings. The molecule has 5 heteroatoms. The molecule has 0 aliphatic rings. The summed E-state index contributed by atoms with van der Waals surface area (Å²) in [4.78, 5) is 22.1. The van der Waals surface area contributed by atoms with Gasteiger partial charge in [-0.1, -0.05) is 19.4 Å². The van der Waals surface area contributed by atoms with E-state index in [1.54, 1.807) is 0 Å². The zero-order valence-electron chi connectivity index (χ0n) is 8.90. The Morgan fingerprint density at radius 1 is 1.60 bits per heavy atom. The normalized spacial score (nSPS) is 14.0. The van der Waals surface area contributed by atoms with E-state index in [2.05, 4.69) is 11.9 Å². The lowest BCUT2D eigenvalue weighted by Gasteiger charge is -2.16. The number of nitrogens with one attached hydrogen (secondary N) is 1. The first-order chi connectivity index (χ1) is 7.02. The van der Waals surface area contributed by atoms with Crippen LogP contribution in [0, 0.1) is 0 Å². The third-order valence-electron chi connectivity index (χ3n) is 1.95. The number of carbonyl (C=O) groups is 2. The van der Waals surface area contributed by atoms with Gasteiger partial charge in [0.05, 0.1) is 6.04 Å². The van der Waals surface area contributed by atoms with Crippen molar-refractivity contribution in [1.29, 1.82) is 0 Å². The van der Waals surface area contributed by atoms with Gasteiger partial charge in [-0.2, -0.15) is 0 Å². The molecule has 0 aromatic rings. The van der Waals surface area contributed by atoms with E-state index in [9.17, 15) is 9.59 Å². The summed E-state index contributed by atoms with van der Waals surface area (Å²) in [5.74, 6) is -1.48. The van der Waals surface area contributed by atoms with Crippen LogP contribution in [-0.4, -0.2) is 29.1 Å². The summed E-state index contributed by atoms with van der Waals surface area (Å²) in [6.45, 7) is 5.31. The summed E-state index contributed by atoms with van der Waals surface area (Å²) < 4.78 is 0. The molecule has 0 spiro atoms. The molecule has 1 amide bonds. The van der Waals surface area contributed by atoms with Gasteiger partial charge in [-0.3, -0.25) is 4.79 Å². The molecule has 5 nitrogen and oxygen atoms in total. The number of carbonyl (C=O) groups excluding carboxylic acids is 1. The van der Waals surface area contributed by atoms with Crippen molar-refractivity contribution in [3.05, 3.63) is 12.7 Å². The minimum atomic E-state index is -1.03. The topological polar surface area (TPSA) is 92.4 Å². The molecule has 0 bridgehead atoms. The van der Waals surface area contributed by atoms with Gasteiger partial charge in [-0.25, -0.2) is 4.79 Å². The van der Waals surface area contributed by atoms with E-state index in [0.29, 0.717) is 19.3 Å².